The first-order chi connectivity index (χ1) is 9.90. The lowest BCUT2D eigenvalue weighted by molar-refractivity contribution is -0.384. The smallest absolute Gasteiger partial charge is 0.270 e. The van der Waals surface area contributed by atoms with E-state index in [1.165, 1.54) is 6.07 Å². The van der Waals surface area contributed by atoms with Crippen LogP contribution in [0.4, 0.5) is 5.69 Å². The van der Waals surface area contributed by atoms with E-state index in [4.69, 9.17) is 4.74 Å². The molecule has 0 heterocycles. The van der Waals surface area contributed by atoms with Crippen LogP contribution in [0.5, 0.6) is 5.75 Å². The molecule has 0 aliphatic carbocycles. The maximum Gasteiger partial charge on any atom is 0.270 e. The quantitative estimate of drug-likeness (QED) is 0.426. The molecule has 1 N–H and O–H groups in total. The van der Waals surface area contributed by atoms with Crippen molar-refractivity contribution in [1.29, 1.82) is 0 Å². The summed E-state index contributed by atoms with van der Waals surface area (Å²) in [5, 5.41) is 14.2. The molecule has 0 bridgehead atoms. The molecule has 0 aromatic heterocycles. The summed E-state index contributed by atoms with van der Waals surface area (Å²) in [5.74, 6) is 1.39. The minimum Gasteiger partial charge on any atom is -0.493 e. The van der Waals surface area contributed by atoms with Crippen LogP contribution in [-0.4, -0.2) is 17.6 Å². The Bertz CT molecular complexity index is 459. The van der Waals surface area contributed by atoms with E-state index in [2.05, 4.69) is 19.2 Å². The van der Waals surface area contributed by atoms with Gasteiger partial charge in [0.25, 0.3) is 5.69 Å². The van der Waals surface area contributed by atoms with Gasteiger partial charge in [0, 0.05) is 30.3 Å². The van der Waals surface area contributed by atoms with Gasteiger partial charge in [0.15, 0.2) is 0 Å². The molecule has 0 aliphatic heterocycles. The molecule has 5 heteroatoms. The largest absolute Gasteiger partial charge is 0.493 e. The van der Waals surface area contributed by atoms with Crippen molar-refractivity contribution in [2.75, 3.05) is 6.61 Å². The summed E-state index contributed by atoms with van der Waals surface area (Å²) in [7, 11) is 0. The Balaban J connectivity index is 2.73. The van der Waals surface area contributed by atoms with Crippen LogP contribution < -0.4 is 10.1 Å². The lowest BCUT2D eigenvalue weighted by atomic mass is 10.1. The highest BCUT2D eigenvalue weighted by molar-refractivity contribution is 5.43. The average Bonchev–Trinajstić information content (AvgIpc) is 2.41. The van der Waals surface area contributed by atoms with E-state index in [9.17, 15) is 10.1 Å². The van der Waals surface area contributed by atoms with Gasteiger partial charge in [0.05, 0.1) is 11.5 Å². The van der Waals surface area contributed by atoms with Crippen molar-refractivity contribution in [2.45, 2.75) is 53.1 Å². The Morgan fingerprint density at radius 3 is 2.57 bits per heavy atom. The SMILES string of the molecule is CC(C)CCCOc1ccc([N+](=O)[O-])cc1CNC(C)C. The van der Waals surface area contributed by atoms with Crippen LogP contribution in [0.2, 0.25) is 0 Å². The predicted molar refractivity (Wildman–Crippen MR) is 84.6 cm³/mol. The Morgan fingerprint density at radius 2 is 2.00 bits per heavy atom. The number of nitro benzene ring substituents is 1. The maximum atomic E-state index is 10.9. The number of nitrogens with zero attached hydrogens (tertiary/aromatic N) is 1. The van der Waals surface area contributed by atoms with Crippen LogP contribution in [-0.2, 0) is 6.54 Å². The summed E-state index contributed by atoms with van der Waals surface area (Å²) in [4.78, 5) is 10.5. The number of nitro groups is 1. The van der Waals surface area contributed by atoms with Gasteiger partial charge in [0.1, 0.15) is 5.75 Å². The Labute approximate surface area is 126 Å². The summed E-state index contributed by atoms with van der Waals surface area (Å²) < 4.78 is 5.79. The molecule has 0 fully saturated rings. The summed E-state index contributed by atoms with van der Waals surface area (Å²) >= 11 is 0. The Morgan fingerprint density at radius 1 is 1.29 bits per heavy atom. The van der Waals surface area contributed by atoms with E-state index in [1.54, 1.807) is 12.1 Å². The fraction of sp³-hybridized carbons (Fsp3) is 0.625. The van der Waals surface area contributed by atoms with Crippen molar-refractivity contribution in [2.24, 2.45) is 5.92 Å². The third kappa shape index (κ3) is 6.58. The van der Waals surface area contributed by atoms with Crippen LogP contribution in [0, 0.1) is 16.0 Å². The third-order valence-electron chi connectivity index (χ3n) is 3.14. The molecule has 0 saturated carbocycles. The van der Waals surface area contributed by atoms with E-state index in [1.807, 2.05) is 13.8 Å². The topological polar surface area (TPSA) is 64.4 Å². The van der Waals surface area contributed by atoms with Crippen LogP contribution in [0.15, 0.2) is 18.2 Å². The van der Waals surface area contributed by atoms with Crippen molar-refractivity contribution < 1.29 is 9.66 Å². The monoisotopic (exact) mass is 294 g/mol. The lowest BCUT2D eigenvalue weighted by Crippen LogP contribution is -2.22. The van der Waals surface area contributed by atoms with Gasteiger partial charge in [-0.05, 0) is 24.8 Å². The van der Waals surface area contributed by atoms with Gasteiger partial charge in [0.2, 0.25) is 0 Å². The van der Waals surface area contributed by atoms with E-state index in [-0.39, 0.29) is 10.6 Å². The predicted octanol–water partition coefficient (Wildman–Crippen LogP) is 3.91. The molecule has 21 heavy (non-hydrogen) atoms. The number of rotatable bonds is 9. The van der Waals surface area contributed by atoms with Crippen LogP contribution in [0.25, 0.3) is 0 Å². The van der Waals surface area contributed by atoms with Crippen LogP contribution in [0.1, 0.15) is 46.1 Å². The zero-order valence-corrected chi connectivity index (χ0v) is 13.4. The normalized spacial score (nSPS) is 11.1. The summed E-state index contributed by atoms with van der Waals surface area (Å²) in [6.07, 6.45) is 2.11. The second kappa shape index (κ2) is 8.62. The highest BCUT2D eigenvalue weighted by Crippen LogP contribution is 2.24. The highest BCUT2D eigenvalue weighted by atomic mass is 16.6. The highest BCUT2D eigenvalue weighted by Gasteiger charge is 2.12. The zero-order valence-electron chi connectivity index (χ0n) is 13.4. The average molecular weight is 294 g/mol. The molecule has 0 spiro atoms. The zero-order chi connectivity index (χ0) is 15.8. The van der Waals surface area contributed by atoms with Crippen LogP contribution in [0.3, 0.4) is 0 Å². The number of hydrogen-bond donors (Lipinski definition) is 1. The Kier molecular flexibility index (Phi) is 7.15. The molecule has 0 saturated heterocycles. The maximum absolute atomic E-state index is 10.9. The van der Waals surface area contributed by atoms with E-state index >= 15 is 0 Å². The molecule has 0 amide bonds. The molecule has 0 unspecified atom stereocenters. The van der Waals surface area contributed by atoms with Gasteiger partial charge in [-0.2, -0.15) is 0 Å². The number of hydrogen-bond acceptors (Lipinski definition) is 4. The van der Waals surface area contributed by atoms with Gasteiger partial charge in [-0.3, -0.25) is 10.1 Å². The Hall–Kier alpha value is -1.62. The molecular weight excluding hydrogens is 268 g/mol. The van der Waals surface area contributed by atoms with Crippen molar-refractivity contribution in [3.8, 4) is 5.75 Å². The van der Waals surface area contributed by atoms with E-state index in [0.717, 1.165) is 24.2 Å². The first-order valence-electron chi connectivity index (χ1n) is 7.53. The van der Waals surface area contributed by atoms with E-state index in [0.29, 0.717) is 25.1 Å². The third-order valence-corrected chi connectivity index (χ3v) is 3.14. The van der Waals surface area contributed by atoms with E-state index < -0.39 is 0 Å². The summed E-state index contributed by atoms with van der Waals surface area (Å²) in [6.45, 7) is 9.66. The van der Waals surface area contributed by atoms with Gasteiger partial charge in [-0.15, -0.1) is 0 Å². The van der Waals surface area contributed by atoms with Gasteiger partial charge in [-0.1, -0.05) is 27.7 Å². The second-order valence-corrected chi connectivity index (χ2v) is 5.97. The molecule has 0 atom stereocenters. The van der Waals surface area contributed by atoms with Gasteiger partial charge < -0.3 is 10.1 Å². The minimum atomic E-state index is -0.374. The van der Waals surface area contributed by atoms with Crippen molar-refractivity contribution in [1.82, 2.24) is 5.32 Å². The van der Waals surface area contributed by atoms with Crippen molar-refractivity contribution in [3.05, 3.63) is 33.9 Å². The number of non-ortho nitro benzene ring substituents is 1. The lowest BCUT2D eigenvalue weighted by Gasteiger charge is -2.14. The molecule has 0 aliphatic rings. The summed E-state index contributed by atoms with van der Waals surface area (Å²) in [5.41, 5.74) is 0.938. The van der Waals surface area contributed by atoms with Crippen molar-refractivity contribution in [3.63, 3.8) is 0 Å². The fourth-order valence-electron chi connectivity index (χ4n) is 1.95. The van der Waals surface area contributed by atoms with Crippen molar-refractivity contribution >= 4 is 5.69 Å². The molecule has 0 radical (unpaired) electrons. The molecule has 1 rings (SSSR count). The summed E-state index contributed by atoms with van der Waals surface area (Å²) in [6, 6.07) is 5.10. The van der Waals surface area contributed by atoms with Gasteiger partial charge in [-0.25, -0.2) is 0 Å². The second-order valence-electron chi connectivity index (χ2n) is 5.97. The number of nitrogens with one attached hydrogen (secondary N) is 1. The molecule has 1 aromatic carbocycles. The molecule has 118 valence electrons. The minimum absolute atomic E-state index is 0.102. The standard InChI is InChI=1S/C16H26N2O3/c1-12(2)6-5-9-21-16-8-7-15(18(19)20)10-14(16)11-17-13(3)4/h7-8,10,12-13,17H,5-6,9,11H2,1-4H3. The van der Waals surface area contributed by atoms with Crippen LogP contribution >= 0.6 is 0 Å². The molecular formula is C16H26N2O3. The fourth-order valence-corrected chi connectivity index (χ4v) is 1.95. The van der Waals surface area contributed by atoms with Gasteiger partial charge >= 0.3 is 0 Å². The first kappa shape index (κ1) is 17.4. The molecule has 1 aromatic rings. The first-order valence-corrected chi connectivity index (χ1v) is 7.53. The molecule has 5 nitrogen and oxygen atoms in total. The number of ether oxygens (including phenoxy) is 1. The number of benzene rings is 1.